The van der Waals surface area contributed by atoms with Crippen LogP contribution >= 0.6 is 0 Å². The van der Waals surface area contributed by atoms with Crippen molar-refractivity contribution in [1.29, 1.82) is 0 Å². The van der Waals surface area contributed by atoms with E-state index in [1.165, 1.54) is 0 Å². The van der Waals surface area contributed by atoms with Crippen LogP contribution in [0.2, 0.25) is 0 Å². The van der Waals surface area contributed by atoms with Crippen LogP contribution in [0.3, 0.4) is 0 Å². The van der Waals surface area contributed by atoms with Gasteiger partial charge in [0.1, 0.15) is 0 Å². The van der Waals surface area contributed by atoms with Crippen molar-refractivity contribution in [1.82, 2.24) is 0 Å². The zero-order valence-corrected chi connectivity index (χ0v) is 9.95. The molecule has 0 aromatic heterocycles. The molecule has 4 rings (SSSR count). The van der Waals surface area contributed by atoms with E-state index in [-0.39, 0.29) is 5.78 Å². The van der Waals surface area contributed by atoms with E-state index in [9.17, 15) is 9.90 Å². The number of para-hydroxylation sites is 2. The average Bonchev–Trinajstić information content (AvgIpc) is 2.74. The molecule has 2 aliphatic heterocycles. The van der Waals surface area contributed by atoms with Crippen molar-refractivity contribution in [3.05, 3.63) is 59.7 Å². The monoisotopic (exact) mass is 250 g/mol. The average molecular weight is 250 g/mol. The van der Waals surface area contributed by atoms with Crippen LogP contribution in [0.4, 0.5) is 11.4 Å². The summed E-state index contributed by atoms with van der Waals surface area (Å²) in [6.45, 7) is 0. The van der Waals surface area contributed by atoms with Gasteiger partial charge in [0.05, 0.1) is 11.4 Å². The topological polar surface area (TPSA) is 52.9 Å². The number of rotatable bonds is 0. The summed E-state index contributed by atoms with van der Waals surface area (Å²) in [5.41, 5.74) is 2.68. The number of nitrogens with zero attached hydrogens (tertiary/aromatic N) is 2. The molecule has 0 fully saturated rings. The Morgan fingerprint density at radius 1 is 1.05 bits per heavy atom. The maximum atomic E-state index is 12.3. The van der Waals surface area contributed by atoms with E-state index in [2.05, 4.69) is 4.99 Å². The molecule has 0 amide bonds. The SMILES string of the molecule is O=C1C2=Nc3ccccc3[C@@H](O)N2c2ccccc21. The zero-order valence-electron chi connectivity index (χ0n) is 9.95. The smallest absolute Gasteiger partial charge is 0.230 e. The molecule has 0 saturated heterocycles. The van der Waals surface area contributed by atoms with Crippen LogP contribution in [0.5, 0.6) is 0 Å². The van der Waals surface area contributed by atoms with Crippen molar-refractivity contribution in [3.63, 3.8) is 0 Å². The standard InChI is InChI=1S/C15H10N2O2/c18-13-10-6-2-4-8-12(10)17-14(13)16-11-7-3-1-5-9(11)15(17)19/h1-8,15,19H/t15-/m1/s1. The van der Waals surface area contributed by atoms with E-state index in [0.29, 0.717) is 22.8 Å². The van der Waals surface area contributed by atoms with Crippen LogP contribution in [-0.2, 0) is 0 Å². The zero-order chi connectivity index (χ0) is 13.0. The number of aliphatic hydroxyl groups is 1. The maximum absolute atomic E-state index is 12.3. The number of hydrogen-bond donors (Lipinski definition) is 1. The van der Waals surface area contributed by atoms with Crippen LogP contribution < -0.4 is 4.90 Å². The van der Waals surface area contributed by atoms with Gasteiger partial charge in [0.25, 0.3) is 0 Å². The largest absolute Gasteiger partial charge is 0.369 e. The lowest BCUT2D eigenvalue weighted by Gasteiger charge is -2.30. The number of carbonyl (C=O) groups excluding carboxylic acids is 1. The third-order valence-electron chi connectivity index (χ3n) is 3.53. The van der Waals surface area contributed by atoms with Crippen molar-refractivity contribution in [2.24, 2.45) is 4.99 Å². The molecule has 0 radical (unpaired) electrons. The minimum atomic E-state index is -0.865. The highest BCUT2D eigenvalue weighted by Crippen LogP contribution is 2.41. The molecule has 0 aliphatic carbocycles. The minimum Gasteiger partial charge on any atom is -0.369 e. The van der Waals surface area contributed by atoms with E-state index in [1.54, 1.807) is 17.0 Å². The van der Waals surface area contributed by atoms with E-state index < -0.39 is 6.23 Å². The predicted molar refractivity (Wildman–Crippen MR) is 71.7 cm³/mol. The summed E-state index contributed by atoms with van der Waals surface area (Å²) in [4.78, 5) is 18.3. The number of hydrogen-bond acceptors (Lipinski definition) is 4. The lowest BCUT2D eigenvalue weighted by atomic mass is 10.1. The molecular formula is C15H10N2O2. The third kappa shape index (κ3) is 1.26. The van der Waals surface area contributed by atoms with Gasteiger partial charge < -0.3 is 5.11 Å². The van der Waals surface area contributed by atoms with Crippen molar-refractivity contribution in [2.75, 3.05) is 4.90 Å². The van der Waals surface area contributed by atoms with Crippen molar-refractivity contribution in [2.45, 2.75) is 6.23 Å². The highest BCUT2D eigenvalue weighted by Gasteiger charge is 2.40. The van der Waals surface area contributed by atoms with Crippen LogP contribution in [0, 0.1) is 0 Å². The first kappa shape index (κ1) is 10.5. The van der Waals surface area contributed by atoms with Gasteiger partial charge in [-0.25, -0.2) is 4.99 Å². The fourth-order valence-corrected chi connectivity index (χ4v) is 2.63. The first-order valence-corrected chi connectivity index (χ1v) is 6.06. The number of fused-ring (bicyclic) bond motifs is 4. The molecule has 2 aromatic carbocycles. The Kier molecular flexibility index (Phi) is 1.94. The number of aliphatic imine (C=N–C) groups is 1. The number of anilines is 1. The lowest BCUT2D eigenvalue weighted by Crippen LogP contribution is -2.36. The predicted octanol–water partition coefficient (Wildman–Crippen LogP) is 2.42. The Balaban J connectivity index is 2.00. The summed E-state index contributed by atoms with van der Waals surface area (Å²) in [6.07, 6.45) is -0.865. The highest BCUT2D eigenvalue weighted by atomic mass is 16.3. The van der Waals surface area contributed by atoms with Gasteiger partial charge in [0.15, 0.2) is 12.1 Å². The van der Waals surface area contributed by atoms with E-state index in [4.69, 9.17) is 0 Å². The molecule has 2 aliphatic rings. The Bertz CT molecular complexity index is 736. The number of benzene rings is 2. The van der Waals surface area contributed by atoms with Gasteiger partial charge in [-0.2, -0.15) is 0 Å². The molecule has 2 heterocycles. The molecule has 92 valence electrons. The highest BCUT2D eigenvalue weighted by molar-refractivity contribution is 6.55. The number of carbonyl (C=O) groups is 1. The fraction of sp³-hybridized carbons (Fsp3) is 0.0667. The van der Waals surface area contributed by atoms with Gasteiger partial charge in [-0.05, 0) is 18.2 Å². The summed E-state index contributed by atoms with van der Waals surface area (Å²) in [5, 5.41) is 10.5. The van der Waals surface area contributed by atoms with Gasteiger partial charge in [0, 0.05) is 11.1 Å². The summed E-state index contributed by atoms with van der Waals surface area (Å²) in [6, 6.07) is 14.6. The number of Topliss-reactive ketones (excluding diaryl/α,β-unsaturated/α-hetero) is 1. The van der Waals surface area contributed by atoms with Crippen molar-refractivity contribution in [3.8, 4) is 0 Å². The Morgan fingerprint density at radius 2 is 1.79 bits per heavy atom. The molecule has 19 heavy (non-hydrogen) atoms. The second kappa shape index (κ2) is 3.52. The summed E-state index contributed by atoms with van der Waals surface area (Å²) in [7, 11) is 0. The third-order valence-corrected chi connectivity index (χ3v) is 3.53. The minimum absolute atomic E-state index is 0.135. The summed E-state index contributed by atoms with van der Waals surface area (Å²) in [5.74, 6) is 0.163. The van der Waals surface area contributed by atoms with Gasteiger partial charge in [-0.15, -0.1) is 0 Å². The van der Waals surface area contributed by atoms with Gasteiger partial charge in [-0.3, -0.25) is 9.69 Å². The molecular weight excluding hydrogens is 240 g/mol. The lowest BCUT2D eigenvalue weighted by molar-refractivity contribution is 0.106. The molecule has 2 aromatic rings. The van der Waals surface area contributed by atoms with Crippen LogP contribution in [0.15, 0.2) is 53.5 Å². The molecule has 1 N–H and O–H groups in total. The van der Waals surface area contributed by atoms with Crippen LogP contribution in [-0.4, -0.2) is 16.7 Å². The van der Waals surface area contributed by atoms with Crippen LogP contribution in [0.1, 0.15) is 22.1 Å². The molecule has 0 unspecified atom stereocenters. The first-order valence-electron chi connectivity index (χ1n) is 6.06. The molecule has 0 spiro atoms. The summed E-state index contributed by atoms with van der Waals surface area (Å²) < 4.78 is 0. The molecule has 0 saturated carbocycles. The van der Waals surface area contributed by atoms with Crippen molar-refractivity contribution >= 4 is 23.0 Å². The molecule has 4 heteroatoms. The molecule has 1 atom stereocenters. The maximum Gasteiger partial charge on any atom is 0.230 e. The number of aliphatic hydroxyl groups excluding tert-OH is 1. The normalized spacial score (nSPS) is 19.6. The van der Waals surface area contributed by atoms with Gasteiger partial charge in [-0.1, -0.05) is 30.3 Å². The van der Waals surface area contributed by atoms with Crippen LogP contribution in [0.25, 0.3) is 0 Å². The number of amidine groups is 1. The Hall–Kier alpha value is -2.46. The van der Waals surface area contributed by atoms with Gasteiger partial charge in [0.2, 0.25) is 5.78 Å². The fourth-order valence-electron chi connectivity index (χ4n) is 2.63. The number of ketones is 1. The van der Waals surface area contributed by atoms with Gasteiger partial charge >= 0.3 is 0 Å². The summed E-state index contributed by atoms with van der Waals surface area (Å²) >= 11 is 0. The quantitative estimate of drug-likeness (QED) is 0.781. The Labute approximate surface area is 109 Å². The Morgan fingerprint density at radius 3 is 2.68 bits per heavy atom. The molecule has 0 bridgehead atoms. The van der Waals surface area contributed by atoms with E-state index >= 15 is 0 Å². The first-order chi connectivity index (χ1) is 9.27. The second-order valence-electron chi connectivity index (χ2n) is 4.58. The second-order valence-corrected chi connectivity index (χ2v) is 4.58. The van der Waals surface area contributed by atoms with E-state index in [1.807, 2.05) is 36.4 Å². The molecule has 4 nitrogen and oxygen atoms in total. The van der Waals surface area contributed by atoms with E-state index in [0.717, 1.165) is 5.56 Å². The van der Waals surface area contributed by atoms with Crippen molar-refractivity contribution < 1.29 is 9.90 Å².